The van der Waals surface area contributed by atoms with Crippen molar-refractivity contribution >= 4 is 5.82 Å². The standard InChI is InChI=1S/C12H19N3O/c1-2-10-7-12(15-9-14-10)13-8-11-5-3-4-6-16-11/h7,9,11H,2-6,8H2,1H3,(H,13,14,15). The van der Waals surface area contributed by atoms with E-state index in [1.54, 1.807) is 6.33 Å². The van der Waals surface area contributed by atoms with Crippen molar-refractivity contribution in [1.29, 1.82) is 0 Å². The summed E-state index contributed by atoms with van der Waals surface area (Å²) in [6.45, 7) is 3.84. The van der Waals surface area contributed by atoms with E-state index in [0.717, 1.165) is 37.5 Å². The van der Waals surface area contributed by atoms with Crippen LogP contribution in [0, 0.1) is 0 Å². The largest absolute Gasteiger partial charge is 0.376 e. The minimum atomic E-state index is 0.341. The number of aryl methyl sites for hydroxylation is 1. The first kappa shape index (κ1) is 11.3. The molecule has 1 aromatic rings. The van der Waals surface area contributed by atoms with Crippen molar-refractivity contribution in [3.63, 3.8) is 0 Å². The van der Waals surface area contributed by atoms with Crippen molar-refractivity contribution in [3.8, 4) is 0 Å². The monoisotopic (exact) mass is 221 g/mol. The molecule has 0 aromatic carbocycles. The minimum Gasteiger partial charge on any atom is -0.376 e. The zero-order valence-corrected chi connectivity index (χ0v) is 9.78. The van der Waals surface area contributed by atoms with Crippen LogP contribution in [0.4, 0.5) is 5.82 Å². The van der Waals surface area contributed by atoms with Crippen LogP contribution in [0.2, 0.25) is 0 Å². The Hall–Kier alpha value is -1.16. The van der Waals surface area contributed by atoms with E-state index in [9.17, 15) is 0 Å². The van der Waals surface area contributed by atoms with Gasteiger partial charge in [0, 0.05) is 24.9 Å². The molecule has 0 radical (unpaired) electrons. The fourth-order valence-corrected chi connectivity index (χ4v) is 1.87. The number of nitrogens with zero attached hydrogens (tertiary/aromatic N) is 2. The lowest BCUT2D eigenvalue weighted by molar-refractivity contribution is 0.0247. The highest BCUT2D eigenvalue weighted by Gasteiger charge is 2.13. The summed E-state index contributed by atoms with van der Waals surface area (Å²) < 4.78 is 5.65. The maximum absolute atomic E-state index is 5.65. The maximum Gasteiger partial charge on any atom is 0.129 e. The van der Waals surface area contributed by atoms with Gasteiger partial charge in [0.25, 0.3) is 0 Å². The average molecular weight is 221 g/mol. The Morgan fingerprint density at radius 1 is 1.44 bits per heavy atom. The van der Waals surface area contributed by atoms with Crippen LogP contribution in [0.15, 0.2) is 12.4 Å². The number of anilines is 1. The zero-order chi connectivity index (χ0) is 11.2. The molecule has 16 heavy (non-hydrogen) atoms. The molecule has 1 fully saturated rings. The second-order valence-electron chi connectivity index (χ2n) is 4.12. The highest BCUT2D eigenvalue weighted by atomic mass is 16.5. The van der Waals surface area contributed by atoms with Crippen molar-refractivity contribution in [2.24, 2.45) is 0 Å². The molecule has 1 atom stereocenters. The zero-order valence-electron chi connectivity index (χ0n) is 9.78. The molecule has 1 N–H and O–H groups in total. The summed E-state index contributed by atoms with van der Waals surface area (Å²) in [7, 11) is 0. The van der Waals surface area contributed by atoms with Gasteiger partial charge in [0.15, 0.2) is 0 Å². The lowest BCUT2D eigenvalue weighted by atomic mass is 10.1. The highest BCUT2D eigenvalue weighted by molar-refractivity contribution is 5.34. The van der Waals surface area contributed by atoms with Gasteiger partial charge in [-0.15, -0.1) is 0 Å². The summed E-state index contributed by atoms with van der Waals surface area (Å²) in [6.07, 6.45) is 6.52. The van der Waals surface area contributed by atoms with Gasteiger partial charge < -0.3 is 10.1 Å². The summed E-state index contributed by atoms with van der Waals surface area (Å²) in [5.74, 6) is 0.904. The van der Waals surface area contributed by atoms with Crippen LogP contribution in [0.1, 0.15) is 31.9 Å². The average Bonchev–Trinajstić information content (AvgIpc) is 2.38. The van der Waals surface area contributed by atoms with Crippen molar-refractivity contribution in [3.05, 3.63) is 18.1 Å². The molecule has 88 valence electrons. The van der Waals surface area contributed by atoms with Crippen LogP contribution in [0.3, 0.4) is 0 Å². The van der Waals surface area contributed by atoms with Gasteiger partial charge in [-0.1, -0.05) is 6.92 Å². The molecule has 0 saturated carbocycles. The smallest absolute Gasteiger partial charge is 0.129 e. The first-order valence-electron chi connectivity index (χ1n) is 6.05. The molecule has 4 nitrogen and oxygen atoms in total. The van der Waals surface area contributed by atoms with Gasteiger partial charge in [0.2, 0.25) is 0 Å². The van der Waals surface area contributed by atoms with E-state index >= 15 is 0 Å². The molecule has 2 rings (SSSR count). The molecule has 2 heterocycles. The Labute approximate surface area is 96.4 Å². The van der Waals surface area contributed by atoms with Crippen molar-refractivity contribution < 1.29 is 4.74 Å². The first-order valence-corrected chi connectivity index (χ1v) is 6.05. The molecule has 1 unspecified atom stereocenters. The Morgan fingerprint density at radius 2 is 2.38 bits per heavy atom. The Kier molecular flexibility index (Phi) is 4.10. The van der Waals surface area contributed by atoms with Crippen molar-refractivity contribution in [2.45, 2.75) is 38.7 Å². The van der Waals surface area contributed by atoms with Crippen molar-refractivity contribution in [2.75, 3.05) is 18.5 Å². The Bertz CT molecular complexity index is 324. The van der Waals surface area contributed by atoms with Crippen LogP contribution in [-0.2, 0) is 11.2 Å². The third kappa shape index (κ3) is 3.17. The molecule has 0 bridgehead atoms. The van der Waals surface area contributed by atoms with E-state index in [2.05, 4.69) is 22.2 Å². The van der Waals surface area contributed by atoms with E-state index in [1.165, 1.54) is 12.8 Å². The summed E-state index contributed by atoms with van der Waals surface area (Å²) in [5, 5.41) is 3.31. The van der Waals surface area contributed by atoms with E-state index in [0.29, 0.717) is 6.10 Å². The SMILES string of the molecule is CCc1cc(NCC2CCCCO2)ncn1. The molecular formula is C12H19N3O. The molecular weight excluding hydrogens is 202 g/mol. The fourth-order valence-electron chi connectivity index (χ4n) is 1.87. The fraction of sp³-hybridized carbons (Fsp3) is 0.667. The van der Waals surface area contributed by atoms with Crippen LogP contribution in [-0.4, -0.2) is 29.2 Å². The Balaban J connectivity index is 1.83. The second kappa shape index (κ2) is 5.80. The van der Waals surface area contributed by atoms with Gasteiger partial charge >= 0.3 is 0 Å². The van der Waals surface area contributed by atoms with E-state index in [-0.39, 0.29) is 0 Å². The van der Waals surface area contributed by atoms with Gasteiger partial charge in [-0.25, -0.2) is 9.97 Å². The number of nitrogens with one attached hydrogen (secondary N) is 1. The third-order valence-corrected chi connectivity index (χ3v) is 2.87. The molecule has 0 spiro atoms. The predicted molar refractivity (Wildman–Crippen MR) is 63.5 cm³/mol. The predicted octanol–water partition coefficient (Wildman–Crippen LogP) is 2.02. The quantitative estimate of drug-likeness (QED) is 0.845. The number of hydrogen-bond donors (Lipinski definition) is 1. The van der Waals surface area contributed by atoms with E-state index in [4.69, 9.17) is 4.74 Å². The molecule has 0 amide bonds. The first-order chi connectivity index (χ1) is 7.88. The van der Waals surface area contributed by atoms with E-state index in [1.807, 2.05) is 6.07 Å². The number of hydrogen-bond acceptors (Lipinski definition) is 4. The van der Waals surface area contributed by atoms with Gasteiger partial charge in [0.05, 0.1) is 6.10 Å². The van der Waals surface area contributed by atoms with E-state index < -0.39 is 0 Å². The van der Waals surface area contributed by atoms with Crippen LogP contribution >= 0.6 is 0 Å². The summed E-state index contributed by atoms with van der Waals surface area (Å²) in [6, 6.07) is 2.00. The second-order valence-corrected chi connectivity index (χ2v) is 4.12. The van der Waals surface area contributed by atoms with Crippen LogP contribution in [0.5, 0.6) is 0 Å². The molecule has 1 aliphatic rings. The summed E-state index contributed by atoms with van der Waals surface area (Å²) in [4.78, 5) is 8.36. The molecule has 1 saturated heterocycles. The van der Waals surface area contributed by atoms with Crippen LogP contribution < -0.4 is 5.32 Å². The lowest BCUT2D eigenvalue weighted by Gasteiger charge is -2.22. The topological polar surface area (TPSA) is 47.0 Å². The van der Waals surface area contributed by atoms with Gasteiger partial charge in [-0.2, -0.15) is 0 Å². The summed E-state index contributed by atoms with van der Waals surface area (Å²) >= 11 is 0. The molecule has 1 aliphatic heterocycles. The molecule has 4 heteroatoms. The minimum absolute atomic E-state index is 0.341. The van der Waals surface area contributed by atoms with Gasteiger partial charge in [-0.05, 0) is 25.7 Å². The highest BCUT2D eigenvalue weighted by Crippen LogP contribution is 2.13. The summed E-state index contributed by atoms with van der Waals surface area (Å²) in [5.41, 5.74) is 1.07. The number of ether oxygens (including phenoxy) is 1. The van der Waals surface area contributed by atoms with Gasteiger partial charge in [-0.3, -0.25) is 0 Å². The van der Waals surface area contributed by atoms with Gasteiger partial charge in [0.1, 0.15) is 12.1 Å². The normalized spacial score (nSPS) is 20.7. The van der Waals surface area contributed by atoms with Crippen molar-refractivity contribution in [1.82, 2.24) is 9.97 Å². The molecule has 0 aliphatic carbocycles. The maximum atomic E-state index is 5.65. The van der Waals surface area contributed by atoms with Crippen LogP contribution in [0.25, 0.3) is 0 Å². The molecule has 1 aromatic heterocycles. The third-order valence-electron chi connectivity index (χ3n) is 2.87. The lowest BCUT2D eigenvalue weighted by Crippen LogP contribution is -2.27. The number of rotatable bonds is 4. The number of aromatic nitrogens is 2. The Morgan fingerprint density at radius 3 is 3.12 bits per heavy atom.